The van der Waals surface area contributed by atoms with Crippen molar-refractivity contribution in [1.29, 1.82) is 0 Å². The van der Waals surface area contributed by atoms with Crippen LogP contribution in [0, 0.1) is 0 Å². The minimum Gasteiger partial charge on any atom is -0.479 e. The van der Waals surface area contributed by atoms with E-state index in [-0.39, 0.29) is 19.3 Å². The highest BCUT2D eigenvalue weighted by atomic mass is 16.6. The average Bonchev–Trinajstić information content (AvgIpc) is 2.00. The minimum absolute atomic E-state index is 0.0581. The molecule has 0 aliphatic heterocycles. The standard InChI is InChI=1S/C7H12O6/c8-4-2-1-3-6(11,5(9)10)7(4,12)13/h4,8,11-13H,1-3H2,(H,9,10)/t4-,6+/m1/s1. The number of aliphatic carboxylic acids is 1. The second kappa shape index (κ2) is 2.91. The summed E-state index contributed by atoms with van der Waals surface area (Å²) in [5.41, 5.74) is -2.68. The van der Waals surface area contributed by atoms with Gasteiger partial charge in [-0.25, -0.2) is 4.79 Å². The van der Waals surface area contributed by atoms with Crippen LogP contribution in [0.3, 0.4) is 0 Å². The Hall–Kier alpha value is -0.690. The van der Waals surface area contributed by atoms with Gasteiger partial charge in [0.15, 0.2) is 0 Å². The fourth-order valence-corrected chi connectivity index (χ4v) is 1.48. The summed E-state index contributed by atoms with van der Waals surface area (Å²) in [4.78, 5) is 10.6. The first-order valence-corrected chi connectivity index (χ1v) is 3.91. The Morgan fingerprint density at radius 2 is 1.85 bits per heavy atom. The van der Waals surface area contributed by atoms with Gasteiger partial charge in [0.25, 0.3) is 0 Å². The smallest absolute Gasteiger partial charge is 0.341 e. The molecule has 0 unspecified atom stereocenters. The van der Waals surface area contributed by atoms with Gasteiger partial charge in [0.1, 0.15) is 6.10 Å². The third kappa shape index (κ3) is 1.31. The fourth-order valence-electron chi connectivity index (χ4n) is 1.48. The minimum atomic E-state index is -2.98. The third-order valence-electron chi connectivity index (χ3n) is 2.44. The summed E-state index contributed by atoms with van der Waals surface area (Å²) < 4.78 is 0. The summed E-state index contributed by atoms with van der Waals surface area (Å²) in [6.07, 6.45) is -1.63. The lowest BCUT2D eigenvalue weighted by molar-refractivity contribution is -0.323. The Bertz CT molecular complexity index is 225. The Morgan fingerprint density at radius 3 is 2.23 bits per heavy atom. The molecular formula is C7H12O6. The van der Waals surface area contributed by atoms with Crippen molar-refractivity contribution in [3.63, 3.8) is 0 Å². The number of aliphatic hydroxyl groups is 4. The van der Waals surface area contributed by atoms with Gasteiger partial charge in [-0.2, -0.15) is 0 Å². The molecule has 0 bridgehead atoms. The van der Waals surface area contributed by atoms with Crippen molar-refractivity contribution in [2.24, 2.45) is 0 Å². The van der Waals surface area contributed by atoms with Gasteiger partial charge in [-0.1, -0.05) is 0 Å². The Labute approximate surface area is 74.1 Å². The van der Waals surface area contributed by atoms with Gasteiger partial charge in [0, 0.05) is 0 Å². The number of carboxylic acid groups (broad SMARTS) is 1. The molecule has 0 saturated heterocycles. The Morgan fingerprint density at radius 1 is 1.31 bits per heavy atom. The highest BCUT2D eigenvalue weighted by Gasteiger charge is 2.60. The van der Waals surface area contributed by atoms with Gasteiger partial charge in [-0.3, -0.25) is 0 Å². The molecule has 5 N–H and O–H groups in total. The van der Waals surface area contributed by atoms with E-state index in [0.29, 0.717) is 0 Å². The van der Waals surface area contributed by atoms with Crippen molar-refractivity contribution < 1.29 is 30.3 Å². The van der Waals surface area contributed by atoms with E-state index < -0.39 is 23.5 Å². The van der Waals surface area contributed by atoms with Crippen molar-refractivity contribution in [1.82, 2.24) is 0 Å². The summed E-state index contributed by atoms with van der Waals surface area (Å²) in [6.45, 7) is 0. The lowest BCUT2D eigenvalue weighted by Gasteiger charge is -2.42. The predicted molar refractivity (Wildman–Crippen MR) is 39.6 cm³/mol. The van der Waals surface area contributed by atoms with Crippen LogP contribution >= 0.6 is 0 Å². The van der Waals surface area contributed by atoms with Gasteiger partial charge in [0.2, 0.25) is 11.4 Å². The van der Waals surface area contributed by atoms with Crippen molar-refractivity contribution in [2.75, 3.05) is 0 Å². The van der Waals surface area contributed by atoms with Crippen molar-refractivity contribution >= 4 is 5.97 Å². The van der Waals surface area contributed by atoms with E-state index >= 15 is 0 Å². The SMILES string of the molecule is O=C(O)[C@@]1(O)CCC[C@@H](O)C1(O)O. The fraction of sp³-hybridized carbons (Fsp3) is 0.857. The molecule has 13 heavy (non-hydrogen) atoms. The van der Waals surface area contributed by atoms with Crippen molar-refractivity contribution in [3.8, 4) is 0 Å². The van der Waals surface area contributed by atoms with Crippen LogP contribution in [0.25, 0.3) is 0 Å². The number of aliphatic hydroxyl groups excluding tert-OH is 1. The molecule has 0 radical (unpaired) electrons. The molecule has 0 heterocycles. The molecule has 1 aliphatic rings. The second-order valence-corrected chi connectivity index (χ2v) is 3.30. The molecule has 0 spiro atoms. The van der Waals surface area contributed by atoms with Crippen LogP contribution in [0.1, 0.15) is 19.3 Å². The number of carbonyl (C=O) groups is 1. The van der Waals surface area contributed by atoms with Gasteiger partial charge in [-0.15, -0.1) is 0 Å². The van der Waals surface area contributed by atoms with Crippen molar-refractivity contribution in [3.05, 3.63) is 0 Å². The predicted octanol–water partition coefficient (Wildman–Crippen LogP) is -1.97. The van der Waals surface area contributed by atoms with E-state index in [1.165, 1.54) is 0 Å². The van der Waals surface area contributed by atoms with Crippen LogP contribution in [0.15, 0.2) is 0 Å². The molecule has 76 valence electrons. The molecule has 1 saturated carbocycles. The number of hydrogen-bond donors (Lipinski definition) is 5. The molecule has 0 aromatic heterocycles. The monoisotopic (exact) mass is 192 g/mol. The van der Waals surface area contributed by atoms with Gasteiger partial charge < -0.3 is 25.5 Å². The van der Waals surface area contributed by atoms with E-state index in [1.54, 1.807) is 0 Å². The molecule has 1 aliphatic carbocycles. The van der Waals surface area contributed by atoms with E-state index in [0.717, 1.165) is 0 Å². The number of hydrogen-bond acceptors (Lipinski definition) is 5. The van der Waals surface area contributed by atoms with Crippen molar-refractivity contribution in [2.45, 2.75) is 36.8 Å². The Kier molecular flexibility index (Phi) is 2.33. The molecule has 1 fully saturated rings. The van der Waals surface area contributed by atoms with E-state index in [4.69, 9.17) is 10.2 Å². The van der Waals surface area contributed by atoms with E-state index in [2.05, 4.69) is 0 Å². The first-order valence-electron chi connectivity index (χ1n) is 3.91. The molecule has 2 atom stereocenters. The van der Waals surface area contributed by atoms with Crippen LogP contribution in [-0.2, 0) is 4.79 Å². The molecule has 1 rings (SSSR count). The maximum atomic E-state index is 10.6. The van der Waals surface area contributed by atoms with E-state index in [1.807, 2.05) is 0 Å². The number of rotatable bonds is 1. The lowest BCUT2D eigenvalue weighted by atomic mass is 9.77. The Balaban J connectivity index is 3.02. The molecule has 0 aromatic carbocycles. The highest BCUT2D eigenvalue weighted by Crippen LogP contribution is 2.35. The molecular weight excluding hydrogens is 180 g/mol. The topological polar surface area (TPSA) is 118 Å². The molecule has 6 nitrogen and oxygen atoms in total. The van der Waals surface area contributed by atoms with Crippen LogP contribution in [-0.4, -0.2) is 49.0 Å². The summed E-state index contributed by atoms with van der Waals surface area (Å²) in [6, 6.07) is 0. The van der Waals surface area contributed by atoms with Crippen LogP contribution < -0.4 is 0 Å². The normalized spacial score (nSPS) is 38.6. The van der Waals surface area contributed by atoms with Gasteiger partial charge in [-0.05, 0) is 19.3 Å². The maximum absolute atomic E-state index is 10.6. The lowest BCUT2D eigenvalue weighted by Crippen LogP contribution is -2.67. The average molecular weight is 192 g/mol. The summed E-state index contributed by atoms with van der Waals surface area (Å²) in [7, 11) is 0. The summed E-state index contributed by atoms with van der Waals surface area (Å²) in [5.74, 6) is -4.71. The van der Waals surface area contributed by atoms with E-state index in [9.17, 15) is 20.1 Å². The first kappa shape index (κ1) is 10.4. The highest BCUT2D eigenvalue weighted by molar-refractivity contribution is 5.78. The quantitative estimate of drug-likeness (QED) is 0.307. The maximum Gasteiger partial charge on any atom is 0.341 e. The summed E-state index contributed by atoms with van der Waals surface area (Å²) >= 11 is 0. The van der Waals surface area contributed by atoms with Crippen LogP contribution in [0.5, 0.6) is 0 Å². The molecule has 0 aromatic rings. The summed E-state index contributed by atoms with van der Waals surface area (Å²) in [5, 5.41) is 45.5. The first-order chi connectivity index (χ1) is 5.82. The molecule has 0 amide bonds. The number of carboxylic acids is 1. The largest absolute Gasteiger partial charge is 0.479 e. The second-order valence-electron chi connectivity index (χ2n) is 3.30. The van der Waals surface area contributed by atoms with Crippen LogP contribution in [0.2, 0.25) is 0 Å². The van der Waals surface area contributed by atoms with Crippen LogP contribution in [0.4, 0.5) is 0 Å². The zero-order valence-electron chi connectivity index (χ0n) is 6.84. The van der Waals surface area contributed by atoms with Gasteiger partial charge in [0.05, 0.1) is 0 Å². The zero-order valence-corrected chi connectivity index (χ0v) is 6.84. The zero-order chi connectivity index (χ0) is 10.3. The van der Waals surface area contributed by atoms with Gasteiger partial charge >= 0.3 is 5.97 Å². The molecule has 6 heteroatoms. The third-order valence-corrected chi connectivity index (χ3v) is 2.44.